The average Bonchev–Trinajstić information content (AvgIpc) is 3.23. The van der Waals surface area contributed by atoms with Crippen molar-refractivity contribution in [3.8, 4) is 0 Å². The quantitative estimate of drug-likeness (QED) is 0.208. The summed E-state index contributed by atoms with van der Waals surface area (Å²) in [7, 11) is 6.81. The second-order valence-corrected chi connectivity index (χ2v) is 19.4. The van der Waals surface area contributed by atoms with Crippen LogP contribution < -0.4 is 5.32 Å². The second kappa shape index (κ2) is 22.1. The lowest BCUT2D eigenvalue weighted by Crippen LogP contribution is -2.61. The van der Waals surface area contributed by atoms with Gasteiger partial charge in [-0.05, 0) is 74.9 Å². The van der Waals surface area contributed by atoms with E-state index in [9.17, 15) is 29.7 Å². The first-order valence-electron chi connectivity index (χ1n) is 22.8. The Labute approximate surface area is 370 Å². The van der Waals surface area contributed by atoms with Gasteiger partial charge in [0.05, 0.1) is 48.5 Å². The van der Waals surface area contributed by atoms with Crippen LogP contribution in [0.3, 0.4) is 0 Å². The fourth-order valence-electron chi connectivity index (χ4n) is 10.2. The van der Waals surface area contributed by atoms with E-state index in [1.54, 1.807) is 48.7 Å². The molecule has 4 saturated heterocycles. The van der Waals surface area contributed by atoms with Crippen molar-refractivity contribution in [2.24, 2.45) is 23.7 Å². The fourth-order valence-corrected chi connectivity index (χ4v) is 10.2. The number of ether oxygens (including phenoxy) is 8. The van der Waals surface area contributed by atoms with Gasteiger partial charge in [0.25, 0.3) is 0 Å². The van der Waals surface area contributed by atoms with E-state index >= 15 is 0 Å². The van der Waals surface area contributed by atoms with Gasteiger partial charge in [-0.2, -0.15) is 0 Å². The molecule has 4 N–H and O–H groups in total. The predicted molar refractivity (Wildman–Crippen MR) is 229 cm³/mol. The smallest absolute Gasteiger partial charge is 0.311 e. The molecule has 17 nitrogen and oxygen atoms in total. The summed E-state index contributed by atoms with van der Waals surface area (Å²) < 4.78 is 51.1. The van der Waals surface area contributed by atoms with Crippen LogP contribution in [0.1, 0.15) is 101 Å². The second-order valence-electron chi connectivity index (χ2n) is 19.4. The van der Waals surface area contributed by atoms with Gasteiger partial charge in [0.15, 0.2) is 18.7 Å². The molecule has 4 fully saturated rings. The number of ketones is 1. The van der Waals surface area contributed by atoms with Crippen molar-refractivity contribution in [3.05, 3.63) is 0 Å². The number of hydrogen-bond acceptors (Lipinski definition) is 17. The van der Waals surface area contributed by atoms with Crippen molar-refractivity contribution >= 4 is 17.7 Å². The zero-order valence-corrected chi connectivity index (χ0v) is 40.0. The van der Waals surface area contributed by atoms with E-state index in [0.717, 1.165) is 26.2 Å². The summed E-state index contributed by atoms with van der Waals surface area (Å²) in [5.74, 6) is -4.98. The van der Waals surface area contributed by atoms with Crippen LogP contribution in [0.5, 0.6) is 0 Å². The van der Waals surface area contributed by atoms with E-state index < -0.39 is 102 Å². The minimum atomic E-state index is -1.99. The summed E-state index contributed by atoms with van der Waals surface area (Å²) in [6.45, 7) is 21.3. The van der Waals surface area contributed by atoms with E-state index in [4.69, 9.17) is 37.9 Å². The lowest BCUT2D eigenvalue weighted by atomic mass is 9.74. The van der Waals surface area contributed by atoms with Crippen LogP contribution in [0.2, 0.25) is 0 Å². The molecule has 4 aliphatic rings. The molecule has 0 spiro atoms. The number of methoxy groups -OCH3 is 2. The maximum absolute atomic E-state index is 14.4. The van der Waals surface area contributed by atoms with E-state index in [0.29, 0.717) is 13.0 Å². The average molecular weight is 888 g/mol. The van der Waals surface area contributed by atoms with E-state index in [1.807, 2.05) is 39.8 Å². The Morgan fingerprint density at radius 3 is 2.10 bits per heavy atom. The summed E-state index contributed by atoms with van der Waals surface area (Å²) in [4.78, 5) is 46.0. The third kappa shape index (κ3) is 12.1. The van der Waals surface area contributed by atoms with Crippen LogP contribution in [0.15, 0.2) is 0 Å². The van der Waals surface area contributed by atoms with Crippen molar-refractivity contribution in [1.82, 2.24) is 15.1 Å². The molecule has 0 aromatic carbocycles. The van der Waals surface area contributed by atoms with Crippen LogP contribution in [0.25, 0.3) is 0 Å². The number of aliphatic hydroxyl groups is 3. The molecule has 62 heavy (non-hydrogen) atoms. The molecule has 0 saturated carbocycles. The SMILES string of the molecule is CC[C@H]1OC(=O)[C@H](C)[C@@H](O[C@H]2C[C@@](C)(OC)[C@@H](OC(=O)CCN3CCNCC3)[C@H](C)O2)[C@H](C)[C@@H](O[C@@H]2O[C@H](C)C[C@H](N(C)C)[C@H]2O)[C@](C)(OC)C[C@@H](C)C(=O)[C@H](C)[C@@H](O)[C@]1(C)O. The zero-order valence-electron chi connectivity index (χ0n) is 40.0. The minimum Gasteiger partial charge on any atom is -0.459 e. The van der Waals surface area contributed by atoms with Crippen molar-refractivity contribution in [2.45, 2.75) is 186 Å². The van der Waals surface area contributed by atoms with Crippen LogP contribution in [0.4, 0.5) is 0 Å². The molecule has 0 unspecified atom stereocenters. The molecular weight excluding hydrogens is 807 g/mol. The number of rotatable bonds is 12. The normalized spacial score (nSPS) is 44.7. The summed E-state index contributed by atoms with van der Waals surface area (Å²) in [5, 5.41) is 38.4. The number of likely N-dealkylation sites (N-methyl/N-ethyl adjacent to an activating group) is 1. The summed E-state index contributed by atoms with van der Waals surface area (Å²) in [6, 6.07) is -0.304. The van der Waals surface area contributed by atoms with Gasteiger partial charge in [0.1, 0.15) is 29.2 Å². The molecular formula is C45H81N3O14. The Morgan fingerprint density at radius 1 is 0.903 bits per heavy atom. The van der Waals surface area contributed by atoms with Crippen LogP contribution >= 0.6 is 0 Å². The summed E-state index contributed by atoms with van der Waals surface area (Å²) >= 11 is 0. The highest BCUT2D eigenvalue weighted by Crippen LogP contribution is 2.42. The van der Waals surface area contributed by atoms with Gasteiger partial charge < -0.3 is 68.3 Å². The molecule has 0 aromatic rings. The summed E-state index contributed by atoms with van der Waals surface area (Å²) in [6.07, 6.45) is -8.68. The molecule has 18 atom stereocenters. The Kier molecular flexibility index (Phi) is 18.8. The number of nitrogens with one attached hydrogen (secondary N) is 1. The Morgan fingerprint density at radius 2 is 1.52 bits per heavy atom. The van der Waals surface area contributed by atoms with Crippen LogP contribution in [0, 0.1) is 23.7 Å². The van der Waals surface area contributed by atoms with Gasteiger partial charge in [-0.25, -0.2) is 0 Å². The zero-order chi connectivity index (χ0) is 46.5. The maximum atomic E-state index is 14.4. The lowest BCUT2D eigenvalue weighted by Gasteiger charge is -2.50. The number of piperazine rings is 1. The first-order valence-corrected chi connectivity index (χ1v) is 22.8. The predicted octanol–water partition coefficient (Wildman–Crippen LogP) is 2.29. The molecule has 0 bridgehead atoms. The molecule has 4 rings (SSSR count). The molecule has 0 amide bonds. The Balaban J connectivity index is 1.76. The number of aliphatic hydroxyl groups excluding tert-OH is 2. The standard InChI is InChI=1S/C45H81N3O14/c1-15-32-45(10,54)38(52)27(4)35(50)25(2)23-43(8,55-13)39(62-42-36(51)31(47(11)12)22-26(3)57-42)28(5)37(29(6)41(53)59-32)61-34-24-44(9,56-14)40(30(7)58-34)60-33(49)16-19-48-20-17-46-18-21-48/h25-32,34,36-40,42,46,51-52,54H,15-24H2,1-14H3/t25-,26-,27+,28+,29-,30+,31+,32-,34+,36-,37+,38-,39-,40+,42+,43-,44-,45-/m1/s1. The molecule has 17 heteroatoms. The third-order valence-corrected chi connectivity index (χ3v) is 14.3. The van der Waals surface area contributed by atoms with Gasteiger partial charge in [0, 0.05) is 77.2 Å². The van der Waals surface area contributed by atoms with Gasteiger partial charge in [-0.3, -0.25) is 14.4 Å². The molecule has 4 heterocycles. The number of nitrogens with zero attached hydrogens (tertiary/aromatic N) is 2. The largest absolute Gasteiger partial charge is 0.459 e. The number of Topliss-reactive ketones (excluding diaryl/α,β-unsaturated/α-hetero) is 1. The lowest BCUT2D eigenvalue weighted by molar-refractivity contribution is -0.320. The van der Waals surface area contributed by atoms with Crippen molar-refractivity contribution in [1.29, 1.82) is 0 Å². The van der Waals surface area contributed by atoms with Gasteiger partial charge in [-0.1, -0.05) is 27.7 Å². The van der Waals surface area contributed by atoms with Crippen LogP contribution in [-0.2, 0) is 52.3 Å². The number of cyclic esters (lactones) is 1. The first kappa shape index (κ1) is 52.8. The third-order valence-electron chi connectivity index (χ3n) is 14.3. The Hall–Kier alpha value is -1.87. The van der Waals surface area contributed by atoms with Crippen molar-refractivity contribution in [2.75, 3.05) is 61.0 Å². The highest BCUT2D eigenvalue weighted by molar-refractivity contribution is 5.83. The number of hydrogen-bond donors (Lipinski definition) is 4. The van der Waals surface area contributed by atoms with Crippen LogP contribution in [-0.4, -0.2) is 188 Å². The summed E-state index contributed by atoms with van der Waals surface area (Å²) in [5.41, 5.74) is -4.34. The molecule has 0 radical (unpaired) electrons. The van der Waals surface area contributed by atoms with Gasteiger partial charge >= 0.3 is 11.9 Å². The number of esters is 2. The van der Waals surface area contributed by atoms with Crippen molar-refractivity contribution in [3.63, 3.8) is 0 Å². The maximum Gasteiger partial charge on any atom is 0.311 e. The minimum absolute atomic E-state index is 0.0924. The highest BCUT2D eigenvalue weighted by Gasteiger charge is 2.55. The Bertz CT molecular complexity index is 1470. The van der Waals surface area contributed by atoms with E-state index in [2.05, 4.69) is 10.2 Å². The fraction of sp³-hybridized carbons (Fsp3) is 0.933. The first-order chi connectivity index (χ1) is 28.9. The molecule has 0 aromatic heterocycles. The monoisotopic (exact) mass is 888 g/mol. The highest BCUT2D eigenvalue weighted by atomic mass is 16.7. The number of carbonyl (C=O) groups is 3. The molecule has 4 aliphatic heterocycles. The number of carbonyl (C=O) groups excluding carboxylic acids is 3. The topological polar surface area (TPSA) is 204 Å². The van der Waals surface area contributed by atoms with Crippen molar-refractivity contribution < 1.29 is 67.6 Å². The van der Waals surface area contributed by atoms with Gasteiger partial charge in [-0.15, -0.1) is 0 Å². The van der Waals surface area contributed by atoms with Gasteiger partial charge in [0.2, 0.25) is 0 Å². The van der Waals surface area contributed by atoms with E-state index in [1.165, 1.54) is 14.0 Å². The van der Waals surface area contributed by atoms with E-state index in [-0.39, 0.29) is 49.6 Å². The molecule has 0 aliphatic carbocycles. The molecule has 360 valence electrons.